The van der Waals surface area contributed by atoms with E-state index in [1.54, 1.807) is 12.1 Å². The molecule has 0 aromatic heterocycles. The second-order valence-corrected chi connectivity index (χ2v) is 9.92. The van der Waals surface area contributed by atoms with Crippen LogP contribution in [0.2, 0.25) is 0 Å². The summed E-state index contributed by atoms with van der Waals surface area (Å²) in [6.45, 7) is 2.54. The van der Waals surface area contributed by atoms with Crippen molar-refractivity contribution in [3.05, 3.63) is 35.4 Å². The second kappa shape index (κ2) is 17.5. The second-order valence-electron chi connectivity index (χ2n) is 8.35. The Morgan fingerprint density at radius 1 is 0.697 bits per heavy atom. The zero-order valence-corrected chi connectivity index (χ0v) is 20.7. The van der Waals surface area contributed by atoms with Gasteiger partial charge in [-0.1, -0.05) is 83.3 Å². The zero-order valence-electron chi connectivity index (χ0n) is 19.9. The summed E-state index contributed by atoms with van der Waals surface area (Å²) in [4.78, 5) is 24.7. The van der Waals surface area contributed by atoms with Gasteiger partial charge >= 0.3 is 11.9 Å². The minimum atomic E-state index is -4.02. The molecule has 0 heterocycles. The average molecular weight is 485 g/mol. The Kier molecular flexibility index (Phi) is 15.5. The van der Waals surface area contributed by atoms with Crippen molar-refractivity contribution in [2.24, 2.45) is 0 Å². The van der Waals surface area contributed by atoms with Crippen LogP contribution in [0.5, 0.6) is 0 Å². The van der Waals surface area contributed by atoms with Crippen molar-refractivity contribution in [1.82, 2.24) is 0 Å². The van der Waals surface area contributed by atoms with Crippen LogP contribution in [0, 0.1) is 0 Å². The lowest BCUT2D eigenvalue weighted by Gasteiger charge is -2.10. The number of rotatable bonds is 19. The molecule has 0 spiro atoms. The molecular weight excluding hydrogens is 444 g/mol. The van der Waals surface area contributed by atoms with Crippen molar-refractivity contribution in [3.63, 3.8) is 0 Å². The maximum atomic E-state index is 12.4. The van der Waals surface area contributed by atoms with Crippen LogP contribution in [0.1, 0.15) is 111 Å². The van der Waals surface area contributed by atoms with Gasteiger partial charge in [0.2, 0.25) is 0 Å². The fourth-order valence-corrected chi connectivity index (χ4v) is 4.05. The predicted molar refractivity (Wildman–Crippen MR) is 129 cm³/mol. The highest BCUT2D eigenvalue weighted by Crippen LogP contribution is 2.14. The molecule has 1 rings (SSSR count). The fourth-order valence-electron chi connectivity index (χ4n) is 3.48. The molecule has 7 nitrogen and oxygen atoms in total. The number of unbranched alkanes of at least 4 members (excludes halogenated alkanes) is 11. The van der Waals surface area contributed by atoms with Gasteiger partial charge < -0.3 is 9.47 Å². The van der Waals surface area contributed by atoms with Crippen LogP contribution in [0.3, 0.4) is 0 Å². The van der Waals surface area contributed by atoms with E-state index in [0.29, 0.717) is 6.61 Å². The number of carbonyl (C=O) groups excluding carboxylic acids is 2. The van der Waals surface area contributed by atoms with Crippen molar-refractivity contribution in [2.75, 3.05) is 19.0 Å². The van der Waals surface area contributed by atoms with Crippen LogP contribution >= 0.6 is 0 Å². The van der Waals surface area contributed by atoms with Gasteiger partial charge in [-0.05, 0) is 31.4 Å². The van der Waals surface area contributed by atoms with E-state index in [1.165, 1.54) is 63.5 Å². The van der Waals surface area contributed by atoms with Crippen LogP contribution in [0.4, 0.5) is 0 Å². The van der Waals surface area contributed by atoms with E-state index in [-0.39, 0.29) is 36.3 Å². The molecule has 0 aliphatic carbocycles. The molecule has 0 saturated heterocycles. The van der Waals surface area contributed by atoms with Crippen LogP contribution in [-0.4, -0.2) is 43.9 Å². The molecule has 0 bridgehead atoms. The first-order valence-electron chi connectivity index (χ1n) is 12.2. The maximum absolute atomic E-state index is 12.4. The van der Waals surface area contributed by atoms with Crippen molar-refractivity contribution >= 4 is 22.1 Å². The molecule has 0 aliphatic heterocycles. The lowest BCUT2D eigenvalue weighted by atomic mass is 10.1. The van der Waals surface area contributed by atoms with Crippen molar-refractivity contribution in [2.45, 2.75) is 90.4 Å². The molecule has 0 atom stereocenters. The summed E-state index contributed by atoms with van der Waals surface area (Å²) >= 11 is 0. The molecule has 1 aromatic carbocycles. The number of benzene rings is 1. The molecule has 0 aliphatic rings. The van der Waals surface area contributed by atoms with E-state index in [2.05, 4.69) is 6.92 Å². The third-order valence-electron chi connectivity index (χ3n) is 5.38. The monoisotopic (exact) mass is 484 g/mol. The summed E-state index contributed by atoms with van der Waals surface area (Å²) in [7, 11) is -4.02. The Morgan fingerprint density at radius 3 is 1.52 bits per heavy atom. The number of hydrogen-bond donors (Lipinski definition) is 1. The quantitative estimate of drug-likeness (QED) is 0.146. The van der Waals surface area contributed by atoms with Gasteiger partial charge in [-0.15, -0.1) is 0 Å². The first kappa shape index (κ1) is 29.1. The van der Waals surface area contributed by atoms with Gasteiger partial charge in [0.25, 0.3) is 10.1 Å². The van der Waals surface area contributed by atoms with E-state index >= 15 is 0 Å². The molecule has 8 heteroatoms. The van der Waals surface area contributed by atoms with Gasteiger partial charge in [-0.2, -0.15) is 8.42 Å². The van der Waals surface area contributed by atoms with Gasteiger partial charge in [-0.3, -0.25) is 4.55 Å². The van der Waals surface area contributed by atoms with Crippen molar-refractivity contribution in [3.8, 4) is 0 Å². The van der Waals surface area contributed by atoms with E-state index in [9.17, 15) is 18.0 Å². The molecule has 188 valence electrons. The van der Waals surface area contributed by atoms with Crippen LogP contribution in [-0.2, 0) is 19.6 Å². The standard InChI is InChI=1S/C25H40O7S/c1-2-3-4-5-6-7-8-9-10-11-14-19-31-24(26)22-17-12-13-18-23(22)25(27)32-20-15-16-21-33(28,29)30/h12-13,17-18H,2-11,14-16,19-21H2,1H3,(H,28,29,30). The largest absolute Gasteiger partial charge is 0.462 e. The van der Waals surface area contributed by atoms with Gasteiger partial charge in [0.1, 0.15) is 0 Å². The van der Waals surface area contributed by atoms with Gasteiger partial charge in [0.05, 0.1) is 30.1 Å². The van der Waals surface area contributed by atoms with Gasteiger partial charge in [0, 0.05) is 0 Å². The summed E-state index contributed by atoms with van der Waals surface area (Å²) in [6.07, 6.45) is 13.8. The SMILES string of the molecule is CCCCCCCCCCCCCOC(=O)c1ccccc1C(=O)OCCCCS(=O)(=O)O. The minimum Gasteiger partial charge on any atom is -0.462 e. The van der Waals surface area contributed by atoms with Gasteiger partial charge in [0.15, 0.2) is 0 Å². The minimum absolute atomic E-state index is 0.00350. The van der Waals surface area contributed by atoms with Crippen LogP contribution < -0.4 is 0 Å². The van der Waals surface area contributed by atoms with E-state index in [4.69, 9.17) is 14.0 Å². The average Bonchev–Trinajstić information content (AvgIpc) is 2.78. The summed E-state index contributed by atoms with van der Waals surface area (Å²) in [5.41, 5.74) is 0.278. The lowest BCUT2D eigenvalue weighted by Crippen LogP contribution is -2.15. The number of carbonyl (C=O) groups is 2. The molecule has 0 saturated carbocycles. The van der Waals surface area contributed by atoms with Crippen LogP contribution in [0.15, 0.2) is 24.3 Å². The van der Waals surface area contributed by atoms with Crippen LogP contribution in [0.25, 0.3) is 0 Å². The topological polar surface area (TPSA) is 107 Å². The van der Waals surface area contributed by atoms with Gasteiger partial charge in [-0.25, -0.2) is 9.59 Å². The first-order valence-corrected chi connectivity index (χ1v) is 13.8. The maximum Gasteiger partial charge on any atom is 0.339 e. The molecule has 33 heavy (non-hydrogen) atoms. The highest BCUT2D eigenvalue weighted by atomic mass is 32.2. The third-order valence-corrected chi connectivity index (χ3v) is 6.18. The molecule has 0 fully saturated rings. The summed E-state index contributed by atoms with van der Waals surface area (Å²) in [5, 5.41) is 0. The number of esters is 2. The van der Waals surface area contributed by atoms with Crippen molar-refractivity contribution < 1.29 is 32.0 Å². The van der Waals surface area contributed by atoms with E-state index in [1.807, 2.05) is 0 Å². The Balaban J connectivity index is 2.23. The Hall–Kier alpha value is -1.93. The molecule has 0 unspecified atom stereocenters. The number of hydrogen-bond acceptors (Lipinski definition) is 6. The summed E-state index contributed by atoms with van der Waals surface area (Å²) in [6, 6.07) is 6.31. The Morgan fingerprint density at radius 2 is 1.09 bits per heavy atom. The normalized spacial score (nSPS) is 11.3. The molecule has 0 radical (unpaired) electrons. The highest BCUT2D eigenvalue weighted by Gasteiger charge is 2.19. The fraction of sp³-hybridized carbons (Fsp3) is 0.680. The third kappa shape index (κ3) is 14.8. The van der Waals surface area contributed by atoms with Crippen molar-refractivity contribution in [1.29, 1.82) is 0 Å². The predicted octanol–water partition coefficient (Wildman–Crippen LogP) is 5.98. The summed E-state index contributed by atoms with van der Waals surface area (Å²) in [5.74, 6) is -1.60. The molecule has 1 N–H and O–H groups in total. The summed E-state index contributed by atoms with van der Waals surface area (Å²) < 4.78 is 40.6. The zero-order chi connectivity index (χ0) is 24.4. The highest BCUT2D eigenvalue weighted by molar-refractivity contribution is 7.85. The van der Waals surface area contributed by atoms with E-state index in [0.717, 1.165) is 19.3 Å². The first-order chi connectivity index (χ1) is 15.8. The van der Waals surface area contributed by atoms with E-state index < -0.39 is 22.1 Å². The molecule has 1 aromatic rings. The molecule has 0 amide bonds. The Labute approximate surface area is 199 Å². The molecular formula is C25H40O7S. The smallest absolute Gasteiger partial charge is 0.339 e. The Bertz CT molecular complexity index is 790. The number of ether oxygens (including phenoxy) is 2. The lowest BCUT2D eigenvalue weighted by molar-refractivity contribution is 0.0451.